The maximum Gasteiger partial charge on any atom is 0.114 e. The first kappa shape index (κ1) is 12.9. The van der Waals surface area contributed by atoms with Crippen molar-refractivity contribution in [3.05, 3.63) is 65.5 Å². The maximum atomic E-state index is 9.02. The molecule has 3 nitrogen and oxygen atoms in total. The minimum absolute atomic E-state index is 0.176. The fourth-order valence-electron chi connectivity index (χ4n) is 2.52. The number of imidazole rings is 1. The predicted molar refractivity (Wildman–Crippen MR) is 80.8 cm³/mol. The Morgan fingerprint density at radius 3 is 2.60 bits per heavy atom. The molecule has 0 aliphatic carbocycles. The third-order valence-electron chi connectivity index (χ3n) is 3.64. The van der Waals surface area contributed by atoms with Crippen LogP contribution in [0.15, 0.2) is 48.5 Å². The number of aromatic nitrogens is 2. The first-order chi connectivity index (χ1) is 9.78. The van der Waals surface area contributed by atoms with Gasteiger partial charge in [0, 0.05) is 20.1 Å². The second-order valence-corrected chi connectivity index (χ2v) is 5.05. The first-order valence-corrected chi connectivity index (χ1v) is 6.87. The summed E-state index contributed by atoms with van der Waals surface area (Å²) in [5.41, 5.74) is 4.54. The summed E-state index contributed by atoms with van der Waals surface area (Å²) in [5, 5.41) is 9.02. The van der Waals surface area contributed by atoms with Gasteiger partial charge in [0.15, 0.2) is 0 Å². The van der Waals surface area contributed by atoms with Gasteiger partial charge in [-0.2, -0.15) is 0 Å². The molecule has 0 bridgehead atoms. The van der Waals surface area contributed by atoms with Crippen LogP contribution in [0.1, 0.15) is 17.0 Å². The van der Waals surface area contributed by atoms with Crippen LogP contribution in [-0.4, -0.2) is 21.3 Å². The van der Waals surface area contributed by atoms with Crippen molar-refractivity contribution >= 4 is 11.0 Å². The Kier molecular flexibility index (Phi) is 3.52. The van der Waals surface area contributed by atoms with Crippen molar-refractivity contribution in [2.24, 2.45) is 7.05 Å². The molecule has 0 radical (unpaired) electrons. The van der Waals surface area contributed by atoms with E-state index in [0.717, 1.165) is 28.8 Å². The van der Waals surface area contributed by atoms with Crippen molar-refractivity contribution in [1.29, 1.82) is 0 Å². The Morgan fingerprint density at radius 1 is 1.05 bits per heavy atom. The lowest BCUT2D eigenvalue weighted by Gasteiger charge is -2.02. The number of fused-ring (bicyclic) bond motifs is 1. The number of aliphatic hydroxyl groups is 1. The number of nitrogens with zero attached hydrogens (tertiary/aromatic N) is 2. The molecule has 0 aliphatic heterocycles. The molecule has 102 valence electrons. The fourth-order valence-corrected chi connectivity index (χ4v) is 2.52. The summed E-state index contributed by atoms with van der Waals surface area (Å²) in [4.78, 5) is 4.73. The zero-order chi connectivity index (χ0) is 13.9. The van der Waals surface area contributed by atoms with Crippen LogP contribution in [0.5, 0.6) is 0 Å². The van der Waals surface area contributed by atoms with Gasteiger partial charge in [0.25, 0.3) is 0 Å². The smallest absolute Gasteiger partial charge is 0.114 e. The lowest BCUT2D eigenvalue weighted by Crippen LogP contribution is -1.98. The van der Waals surface area contributed by atoms with E-state index in [2.05, 4.69) is 54.1 Å². The van der Waals surface area contributed by atoms with Gasteiger partial charge in [-0.15, -0.1) is 0 Å². The number of benzene rings is 2. The molecule has 0 saturated carbocycles. The van der Waals surface area contributed by atoms with E-state index in [1.807, 2.05) is 6.07 Å². The molecule has 3 heteroatoms. The van der Waals surface area contributed by atoms with Gasteiger partial charge in [0.05, 0.1) is 11.0 Å². The Labute approximate surface area is 118 Å². The molecule has 3 rings (SSSR count). The lowest BCUT2D eigenvalue weighted by molar-refractivity contribution is 0.299. The van der Waals surface area contributed by atoms with Gasteiger partial charge < -0.3 is 9.67 Å². The molecule has 0 unspecified atom stereocenters. The molecule has 1 aromatic heterocycles. The molecule has 0 amide bonds. The molecule has 0 aliphatic rings. The summed E-state index contributed by atoms with van der Waals surface area (Å²) in [6.07, 6.45) is 1.52. The monoisotopic (exact) mass is 266 g/mol. The molecule has 1 N–H and O–H groups in total. The van der Waals surface area contributed by atoms with E-state index in [4.69, 9.17) is 10.1 Å². The van der Waals surface area contributed by atoms with Gasteiger partial charge >= 0.3 is 0 Å². The number of hydrogen-bond acceptors (Lipinski definition) is 2. The quantitative estimate of drug-likeness (QED) is 0.788. The average Bonchev–Trinajstić information content (AvgIpc) is 2.77. The molecular formula is C17H18N2O. The van der Waals surface area contributed by atoms with Crippen molar-refractivity contribution in [3.63, 3.8) is 0 Å². The fraction of sp³-hybridized carbons (Fsp3) is 0.235. The van der Waals surface area contributed by atoms with E-state index in [1.165, 1.54) is 5.56 Å². The van der Waals surface area contributed by atoms with Crippen LogP contribution < -0.4 is 0 Å². The number of rotatable bonds is 4. The van der Waals surface area contributed by atoms with Crippen LogP contribution in [0.2, 0.25) is 0 Å². The van der Waals surface area contributed by atoms with Crippen molar-refractivity contribution in [1.82, 2.24) is 9.55 Å². The highest BCUT2D eigenvalue weighted by molar-refractivity contribution is 5.77. The van der Waals surface area contributed by atoms with E-state index < -0.39 is 0 Å². The molecule has 0 fully saturated rings. The van der Waals surface area contributed by atoms with Crippen molar-refractivity contribution in [3.8, 4) is 0 Å². The molecule has 0 atom stereocenters. The van der Waals surface area contributed by atoms with Gasteiger partial charge in [-0.05, 0) is 29.7 Å². The molecule has 20 heavy (non-hydrogen) atoms. The molecule has 3 aromatic rings. The third-order valence-corrected chi connectivity index (χ3v) is 3.64. The number of aryl methyl sites for hydroxylation is 1. The Morgan fingerprint density at radius 2 is 1.85 bits per heavy atom. The summed E-state index contributed by atoms with van der Waals surface area (Å²) >= 11 is 0. The zero-order valence-corrected chi connectivity index (χ0v) is 11.6. The molecular weight excluding hydrogens is 248 g/mol. The van der Waals surface area contributed by atoms with Gasteiger partial charge in [-0.25, -0.2) is 4.98 Å². The highest BCUT2D eigenvalue weighted by Gasteiger charge is 2.08. The van der Waals surface area contributed by atoms with E-state index in [9.17, 15) is 0 Å². The summed E-state index contributed by atoms with van der Waals surface area (Å²) in [6.45, 7) is 0.176. The van der Waals surface area contributed by atoms with E-state index in [1.54, 1.807) is 0 Å². The molecule has 0 spiro atoms. The van der Waals surface area contributed by atoms with Gasteiger partial charge in [0.1, 0.15) is 5.82 Å². The van der Waals surface area contributed by atoms with Crippen LogP contribution in [0.3, 0.4) is 0 Å². The van der Waals surface area contributed by atoms with Gasteiger partial charge in [-0.1, -0.05) is 36.4 Å². The molecule has 1 heterocycles. The van der Waals surface area contributed by atoms with Crippen molar-refractivity contribution < 1.29 is 5.11 Å². The summed E-state index contributed by atoms with van der Waals surface area (Å²) in [7, 11) is 2.05. The normalized spacial score (nSPS) is 11.1. The van der Waals surface area contributed by atoms with Crippen LogP contribution >= 0.6 is 0 Å². The Bertz CT molecular complexity index is 716. The zero-order valence-electron chi connectivity index (χ0n) is 11.6. The van der Waals surface area contributed by atoms with E-state index in [0.29, 0.717) is 6.42 Å². The average molecular weight is 266 g/mol. The predicted octanol–water partition coefficient (Wildman–Crippen LogP) is 2.70. The summed E-state index contributed by atoms with van der Waals surface area (Å²) in [6, 6.07) is 16.6. The van der Waals surface area contributed by atoms with Crippen LogP contribution in [0.4, 0.5) is 0 Å². The maximum absolute atomic E-state index is 9.02. The molecule has 0 saturated heterocycles. The van der Waals surface area contributed by atoms with Crippen molar-refractivity contribution in [2.45, 2.75) is 12.8 Å². The third kappa shape index (κ3) is 2.45. The Balaban J connectivity index is 1.97. The highest BCUT2D eigenvalue weighted by atomic mass is 16.2. The highest BCUT2D eigenvalue weighted by Crippen LogP contribution is 2.19. The van der Waals surface area contributed by atoms with Crippen LogP contribution in [-0.2, 0) is 19.9 Å². The number of aliphatic hydroxyl groups excluding tert-OH is 1. The minimum Gasteiger partial charge on any atom is -0.396 e. The molecule has 2 aromatic carbocycles. The van der Waals surface area contributed by atoms with Gasteiger partial charge in [0.2, 0.25) is 0 Å². The van der Waals surface area contributed by atoms with Crippen LogP contribution in [0.25, 0.3) is 11.0 Å². The summed E-state index contributed by atoms with van der Waals surface area (Å²) < 4.78 is 2.14. The second-order valence-electron chi connectivity index (χ2n) is 5.05. The summed E-state index contributed by atoms with van der Waals surface area (Å²) in [5.74, 6) is 1.06. The Hall–Kier alpha value is -2.13. The largest absolute Gasteiger partial charge is 0.396 e. The van der Waals surface area contributed by atoms with E-state index >= 15 is 0 Å². The minimum atomic E-state index is 0.176. The number of hydrogen-bond donors (Lipinski definition) is 1. The lowest BCUT2D eigenvalue weighted by atomic mass is 10.1. The topological polar surface area (TPSA) is 38.0 Å². The first-order valence-electron chi connectivity index (χ1n) is 6.87. The second kappa shape index (κ2) is 5.47. The SMILES string of the molecule is Cn1c(Cc2ccccc2)nc2cc(CCO)ccc21. The van der Waals surface area contributed by atoms with Gasteiger partial charge in [-0.3, -0.25) is 0 Å². The standard InChI is InChI=1S/C17H18N2O/c1-19-16-8-7-14(9-10-20)11-15(16)18-17(19)12-13-5-3-2-4-6-13/h2-8,11,20H,9-10,12H2,1H3. The van der Waals surface area contributed by atoms with E-state index in [-0.39, 0.29) is 6.61 Å². The van der Waals surface area contributed by atoms with Crippen LogP contribution in [0, 0.1) is 0 Å². The van der Waals surface area contributed by atoms with Crippen molar-refractivity contribution in [2.75, 3.05) is 6.61 Å².